The Labute approximate surface area is 96.3 Å². The van der Waals surface area contributed by atoms with Crippen LogP contribution in [-0.4, -0.2) is 43.0 Å². The molecular formula is C10H10N4O3. The third kappa shape index (κ3) is 1.66. The Hall–Kier alpha value is -2.28. The quantitative estimate of drug-likeness (QED) is 0.739. The summed E-state index contributed by atoms with van der Waals surface area (Å²) in [6.45, 7) is -0.641. The van der Waals surface area contributed by atoms with Crippen LogP contribution in [0.15, 0.2) is 36.7 Å². The SMILES string of the molecule is O=C(O)C(CO)(c1ccccc1)n1cnnn1. The molecule has 0 aliphatic heterocycles. The van der Waals surface area contributed by atoms with Crippen molar-refractivity contribution in [3.8, 4) is 0 Å². The molecule has 0 fully saturated rings. The minimum Gasteiger partial charge on any atom is -0.479 e. The third-order valence-corrected chi connectivity index (χ3v) is 2.57. The number of carboxylic acid groups (broad SMARTS) is 1. The number of aromatic nitrogens is 4. The van der Waals surface area contributed by atoms with E-state index in [9.17, 15) is 15.0 Å². The van der Waals surface area contributed by atoms with Crippen molar-refractivity contribution in [3.63, 3.8) is 0 Å². The van der Waals surface area contributed by atoms with Crippen LogP contribution in [0.1, 0.15) is 5.56 Å². The lowest BCUT2D eigenvalue weighted by Gasteiger charge is -2.26. The highest BCUT2D eigenvalue weighted by molar-refractivity contribution is 5.81. The second-order valence-corrected chi connectivity index (χ2v) is 3.44. The Bertz CT molecular complexity index is 500. The summed E-state index contributed by atoms with van der Waals surface area (Å²) in [5, 5.41) is 29.2. The molecule has 0 bridgehead atoms. The minimum atomic E-state index is -1.69. The fourth-order valence-electron chi connectivity index (χ4n) is 1.64. The summed E-state index contributed by atoms with van der Waals surface area (Å²) in [5.41, 5.74) is -1.28. The summed E-state index contributed by atoms with van der Waals surface area (Å²) in [6.07, 6.45) is 1.16. The molecule has 7 heteroatoms. The number of hydrogen-bond donors (Lipinski definition) is 2. The summed E-state index contributed by atoms with van der Waals surface area (Å²) in [4.78, 5) is 11.5. The van der Waals surface area contributed by atoms with E-state index in [1.807, 2.05) is 0 Å². The first-order valence-electron chi connectivity index (χ1n) is 4.85. The van der Waals surface area contributed by atoms with Crippen molar-refractivity contribution in [1.82, 2.24) is 20.2 Å². The Balaban J connectivity index is 2.63. The Morgan fingerprint density at radius 3 is 2.53 bits per heavy atom. The zero-order valence-electron chi connectivity index (χ0n) is 8.76. The normalized spacial score (nSPS) is 14.2. The molecule has 2 aromatic rings. The van der Waals surface area contributed by atoms with Crippen molar-refractivity contribution >= 4 is 5.97 Å². The van der Waals surface area contributed by atoms with E-state index in [1.54, 1.807) is 30.3 Å². The molecule has 0 spiro atoms. The van der Waals surface area contributed by atoms with Crippen LogP contribution in [0.2, 0.25) is 0 Å². The van der Waals surface area contributed by atoms with Crippen LogP contribution in [0.4, 0.5) is 0 Å². The molecule has 7 nitrogen and oxygen atoms in total. The van der Waals surface area contributed by atoms with Gasteiger partial charge in [-0.05, 0) is 16.0 Å². The van der Waals surface area contributed by atoms with Crippen molar-refractivity contribution in [2.24, 2.45) is 0 Å². The van der Waals surface area contributed by atoms with E-state index in [2.05, 4.69) is 15.5 Å². The van der Waals surface area contributed by atoms with Gasteiger partial charge in [0.25, 0.3) is 0 Å². The van der Waals surface area contributed by atoms with Gasteiger partial charge in [0.1, 0.15) is 6.33 Å². The number of nitrogens with zero attached hydrogens (tertiary/aromatic N) is 4. The summed E-state index contributed by atoms with van der Waals surface area (Å²) >= 11 is 0. The Morgan fingerprint density at radius 1 is 1.35 bits per heavy atom. The maximum Gasteiger partial charge on any atom is 0.338 e. The molecule has 0 radical (unpaired) electrons. The molecule has 1 aromatic heterocycles. The van der Waals surface area contributed by atoms with Gasteiger partial charge in [0.05, 0.1) is 6.61 Å². The number of hydrogen-bond acceptors (Lipinski definition) is 5. The lowest BCUT2D eigenvalue weighted by atomic mass is 9.91. The van der Waals surface area contributed by atoms with Crippen LogP contribution in [0, 0.1) is 0 Å². The highest BCUT2D eigenvalue weighted by Gasteiger charge is 2.43. The minimum absolute atomic E-state index is 0.405. The summed E-state index contributed by atoms with van der Waals surface area (Å²) in [5.74, 6) is -1.22. The van der Waals surface area contributed by atoms with Crippen molar-refractivity contribution in [2.75, 3.05) is 6.61 Å². The molecule has 17 heavy (non-hydrogen) atoms. The number of carbonyl (C=O) groups is 1. The predicted molar refractivity (Wildman–Crippen MR) is 56.1 cm³/mol. The highest BCUT2D eigenvalue weighted by atomic mass is 16.4. The number of carboxylic acids is 1. The Morgan fingerprint density at radius 2 is 2.06 bits per heavy atom. The number of benzene rings is 1. The summed E-state index contributed by atoms with van der Waals surface area (Å²) < 4.78 is 1.03. The van der Waals surface area contributed by atoms with Crippen LogP contribution < -0.4 is 0 Å². The standard InChI is InChI=1S/C10H10N4O3/c15-6-10(9(16)17,14-7-11-12-13-14)8-4-2-1-3-5-8/h1-5,7,15H,6H2,(H,16,17). The fourth-order valence-corrected chi connectivity index (χ4v) is 1.64. The maximum absolute atomic E-state index is 11.5. The van der Waals surface area contributed by atoms with Gasteiger partial charge < -0.3 is 10.2 Å². The van der Waals surface area contributed by atoms with Gasteiger partial charge >= 0.3 is 5.97 Å². The summed E-state index contributed by atoms with van der Waals surface area (Å²) in [6, 6.07) is 8.34. The second-order valence-electron chi connectivity index (χ2n) is 3.44. The van der Waals surface area contributed by atoms with Crippen molar-refractivity contribution in [3.05, 3.63) is 42.2 Å². The van der Waals surface area contributed by atoms with E-state index in [0.29, 0.717) is 5.56 Å². The molecule has 1 unspecified atom stereocenters. The molecular weight excluding hydrogens is 224 g/mol. The van der Waals surface area contributed by atoms with E-state index < -0.39 is 18.1 Å². The molecule has 1 atom stereocenters. The number of tetrazole rings is 1. The molecule has 1 aromatic carbocycles. The zero-order valence-corrected chi connectivity index (χ0v) is 8.76. The molecule has 2 N–H and O–H groups in total. The molecule has 0 aliphatic rings. The van der Waals surface area contributed by atoms with Crippen molar-refractivity contribution in [1.29, 1.82) is 0 Å². The van der Waals surface area contributed by atoms with E-state index in [0.717, 1.165) is 11.0 Å². The van der Waals surface area contributed by atoms with Crippen LogP contribution in [0.3, 0.4) is 0 Å². The van der Waals surface area contributed by atoms with E-state index in [1.165, 1.54) is 0 Å². The predicted octanol–water partition coefficient (Wildman–Crippen LogP) is -0.506. The van der Waals surface area contributed by atoms with Crippen molar-refractivity contribution < 1.29 is 15.0 Å². The Kier molecular flexibility index (Phi) is 2.84. The fraction of sp³-hybridized carbons (Fsp3) is 0.200. The zero-order chi connectivity index (χ0) is 12.3. The van der Waals surface area contributed by atoms with Gasteiger partial charge in [-0.1, -0.05) is 30.3 Å². The number of aliphatic hydroxyl groups excluding tert-OH is 1. The lowest BCUT2D eigenvalue weighted by Crippen LogP contribution is -2.46. The maximum atomic E-state index is 11.5. The van der Waals surface area contributed by atoms with Gasteiger partial charge in [0, 0.05) is 0 Å². The van der Waals surface area contributed by atoms with Crippen LogP contribution in [0.25, 0.3) is 0 Å². The van der Waals surface area contributed by atoms with Gasteiger partial charge in [-0.3, -0.25) is 0 Å². The lowest BCUT2D eigenvalue weighted by molar-refractivity contribution is -0.147. The molecule has 0 saturated carbocycles. The molecule has 0 aliphatic carbocycles. The molecule has 88 valence electrons. The smallest absolute Gasteiger partial charge is 0.338 e. The number of aliphatic carboxylic acids is 1. The topological polar surface area (TPSA) is 101 Å². The summed E-state index contributed by atoms with van der Waals surface area (Å²) in [7, 11) is 0. The third-order valence-electron chi connectivity index (χ3n) is 2.57. The number of aliphatic hydroxyl groups is 1. The molecule has 2 rings (SSSR count). The van der Waals surface area contributed by atoms with Crippen LogP contribution >= 0.6 is 0 Å². The monoisotopic (exact) mass is 234 g/mol. The second kappa shape index (κ2) is 4.30. The van der Waals surface area contributed by atoms with Gasteiger partial charge in [-0.25, -0.2) is 9.48 Å². The average molecular weight is 234 g/mol. The molecule has 0 saturated heterocycles. The van der Waals surface area contributed by atoms with E-state index in [-0.39, 0.29) is 0 Å². The van der Waals surface area contributed by atoms with Gasteiger partial charge in [0.2, 0.25) is 5.54 Å². The largest absolute Gasteiger partial charge is 0.479 e. The van der Waals surface area contributed by atoms with Gasteiger partial charge in [-0.15, -0.1) is 5.10 Å². The number of rotatable bonds is 4. The first-order chi connectivity index (χ1) is 8.21. The first-order valence-corrected chi connectivity index (χ1v) is 4.85. The van der Waals surface area contributed by atoms with Crippen LogP contribution in [-0.2, 0) is 10.3 Å². The van der Waals surface area contributed by atoms with E-state index >= 15 is 0 Å². The van der Waals surface area contributed by atoms with Crippen molar-refractivity contribution in [2.45, 2.75) is 5.54 Å². The average Bonchev–Trinajstić information content (AvgIpc) is 2.86. The molecule has 0 amide bonds. The van der Waals surface area contributed by atoms with E-state index in [4.69, 9.17) is 0 Å². The highest BCUT2D eigenvalue weighted by Crippen LogP contribution is 2.25. The van der Waals surface area contributed by atoms with Gasteiger partial charge in [-0.2, -0.15) is 0 Å². The molecule has 1 heterocycles. The van der Waals surface area contributed by atoms with Gasteiger partial charge in [0.15, 0.2) is 0 Å². The first kappa shape index (κ1) is 11.2. The van der Waals surface area contributed by atoms with Crippen LogP contribution in [0.5, 0.6) is 0 Å².